The van der Waals surface area contributed by atoms with Crippen LogP contribution in [0.4, 0.5) is 8.78 Å². The van der Waals surface area contributed by atoms with Gasteiger partial charge in [-0.15, -0.1) is 4.99 Å². The van der Waals surface area contributed by atoms with Gasteiger partial charge in [0.15, 0.2) is 0 Å². The van der Waals surface area contributed by atoms with Crippen LogP contribution < -0.4 is 9.47 Å². The van der Waals surface area contributed by atoms with E-state index in [1.54, 1.807) is 6.92 Å². The lowest BCUT2D eigenvalue weighted by Gasteiger charge is -2.15. The van der Waals surface area contributed by atoms with Crippen molar-refractivity contribution in [3.8, 4) is 11.5 Å². The molecule has 0 aromatic heterocycles. The minimum Gasteiger partial charge on any atom is -0.496 e. The third kappa shape index (κ3) is 3.01. The highest BCUT2D eigenvalue weighted by molar-refractivity contribution is 5.45. The number of benzene rings is 1. The Morgan fingerprint density at radius 1 is 1.47 bits per heavy atom. The van der Waals surface area contributed by atoms with Crippen LogP contribution >= 0.6 is 0 Å². The standard InChI is InChI=1S/C11H11F2NO3/c1-3-17-8-4-5-10(16-2)9(6-8)11(12,13)14-7-15/h4-6H,3H2,1-2H3. The van der Waals surface area contributed by atoms with E-state index >= 15 is 0 Å². The summed E-state index contributed by atoms with van der Waals surface area (Å²) in [5.74, 6) is 0.182. The number of hydrogen-bond donors (Lipinski definition) is 0. The third-order valence-electron chi connectivity index (χ3n) is 1.99. The molecule has 0 heterocycles. The van der Waals surface area contributed by atoms with Gasteiger partial charge in [0.05, 0.1) is 19.3 Å². The molecule has 0 spiro atoms. The monoisotopic (exact) mass is 243 g/mol. The number of ether oxygens (including phenoxy) is 2. The Labute approximate surface area is 96.9 Å². The average molecular weight is 243 g/mol. The summed E-state index contributed by atoms with van der Waals surface area (Å²) >= 11 is 0. The Morgan fingerprint density at radius 3 is 2.71 bits per heavy atom. The second-order valence-corrected chi connectivity index (χ2v) is 3.04. The van der Waals surface area contributed by atoms with Crippen LogP contribution in [0.1, 0.15) is 12.5 Å². The Hall–Kier alpha value is -1.94. The fraction of sp³-hybridized carbons (Fsp3) is 0.364. The minimum absolute atomic E-state index is 0.0718. The predicted molar refractivity (Wildman–Crippen MR) is 56.2 cm³/mol. The molecule has 0 N–H and O–H groups in total. The molecule has 17 heavy (non-hydrogen) atoms. The number of hydrogen-bond acceptors (Lipinski definition) is 4. The summed E-state index contributed by atoms with van der Waals surface area (Å²) in [5, 5.41) is 0. The summed E-state index contributed by atoms with van der Waals surface area (Å²) in [4.78, 5) is 12.4. The number of aliphatic imine (C=N–C) groups is 1. The number of carbonyl (C=O) groups excluding carboxylic acids is 1. The lowest BCUT2D eigenvalue weighted by atomic mass is 10.1. The van der Waals surface area contributed by atoms with E-state index < -0.39 is 11.6 Å². The van der Waals surface area contributed by atoms with Crippen molar-refractivity contribution in [1.29, 1.82) is 0 Å². The summed E-state index contributed by atoms with van der Waals surface area (Å²) in [6.07, 6.45) is 0.838. The van der Waals surface area contributed by atoms with E-state index in [0.717, 1.165) is 12.1 Å². The summed E-state index contributed by atoms with van der Waals surface area (Å²) < 4.78 is 36.8. The highest BCUT2D eigenvalue weighted by Crippen LogP contribution is 2.38. The maximum atomic E-state index is 13.5. The van der Waals surface area contributed by atoms with E-state index in [-0.39, 0.29) is 11.5 Å². The summed E-state index contributed by atoms with van der Waals surface area (Å²) in [6, 6.07) is 0.227. The van der Waals surface area contributed by atoms with Crippen LogP contribution in [0.5, 0.6) is 11.5 Å². The van der Waals surface area contributed by atoms with E-state index in [9.17, 15) is 13.6 Å². The quantitative estimate of drug-likeness (QED) is 0.453. The molecule has 0 radical (unpaired) electrons. The minimum atomic E-state index is -3.68. The normalized spacial score (nSPS) is 10.6. The van der Waals surface area contributed by atoms with Gasteiger partial charge in [-0.25, -0.2) is 4.79 Å². The van der Waals surface area contributed by atoms with E-state index in [1.807, 2.05) is 0 Å². The highest BCUT2D eigenvalue weighted by atomic mass is 19.3. The van der Waals surface area contributed by atoms with Crippen molar-refractivity contribution in [3.05, 3.63) is 23.8 Å². The molecule has 92 valence electrons. The van der Waals surface area contributed by atoms with E-state index in [0.29, 0.717) is 6.61 Å². The second-order valence-electron chi connectivity index (χ2n) is 3.04. The molecule has 6 heteroatoms. The predicted octanol–water partition coefficient (Wildman–Crippen LogP) is 2.48. The highest BCUT2D eigenvalue weighted by Gasteiger charge is 2.35. The number of nitrogens with zero attached hydrogens (tertiary/aromatic N) is 1. The van der Waals surface area contributed by atoms with Crippen LogP contribution in [0.2, 0.25) is 0 Å². The van der Waals surface area contributed by atoms with Gasteiger partial charge in [0.1, 0.15) is 11.5 Å². The maximum Gasteiger partial charge on any atom is 0.382 e. The summed E-state index contributed by atoms with van der Waals surface area (Å²) in [5.41, 5.74) is -0.533. The number of halogens is 2. The Morgan fingerprint density at radius 2 is 2.18 bits per heavy atom. The number of rotatable bonds is 5. The van der Waals surface area contributed by atoms with E-state index in [2.05, 4.69) is 4.99 Å². The molecule has 0 saturated heterocycles. The molecule has 0 amide bonds. The molecule has 1 aromatic carbocycles. The molecule has 0 bridgehead atoms. The zero-order chi connectivity index (χ0) is 12.9. The van der Waals surface area contributed by atoms with Gasteiger partial charge >= 0.3 is 6.05 Å². The van der Waals surface area contributed by atoms with Crippen molar-refractivity contribution in [1.82, 2.24) is 0 Å². The molecule has 0 aliphatic rings. The first-order chi connectivity index (χ1) is 8.05. The molecular weight excluding hydrogens is 232 g/mol. The van der Waals surface area contributed by atoms with Gasteiger partial charge in [-0.2, -0.15) is 8.78 Å². The lowest BCUT2D eigenvalue weighted by Crippen LogP contribution is -2.11. The number of alkyl halides is 2. The molecule has 1 aromatic rings. The fourth-order valence-corrected chi connectivity index (χ4v) is 1.30. The van der Waals surface area contributed by atoms with Gasteiger partial charge in [-0.3, -0.25) is 0 Å². The molecule has 0 saturated carbocycles. The third-order valence-corrected chi connectivity index (χ3v) is 1.99. The van der Waals surface area contributed by atoms with Crippen LogP contribution in [0.25, 0.3) is 0 Å². The molecule has 0 fully saturated rings. The van der Waals surface area contributed by atoms with Crippen molar-refractivity contribution in [2.24, 2.45) is 4.99 Å². The zero-order valence-corrected chi connectivity index (χ0v) is 9.37. The first-order valence-corrected chi connectivity index (χ1v) is 4.83. The van der Waals surface area contributed by atoms with Gasteiger partial charge in [-0.1, -0.05) is 0 Å². The molecule has 0 aliphatic heterocycles. The van der Waals surface area contributed by atoms with Crippen LogP contribution in [0.15, 0.2) is 23.2 Å². The largest absolute Gasteiger partial charge is 0.496 e. The Balaban J connectivity index is 3.27. The summed E-state index contributed by atoms with van der Waals surface area (Å²) in [6.45, 7) is 2.07. The van der Waals surface area contributed by atoms with E-state index in [4.69, 9.17) is 9.47 Å². The van der Waals surface area contributed by atoms with Gasteiger partial charge in [0, 0.05) is 0 Å². The maximum absolute atomic E-state index is 13.5. The molecule has 0 aliphatic carbocycles. The lowest BCUT2D eigenvalue weighted by molar-refractivity contribution is 0.00365. The van der Waals surface area contributed by atoms with Crippen molar-refractivity contribution in [2.75, 3.05) is 13.7 Å². The molecular formula is C11H11F2NO3. The Bertz CT molecular complexity index is 442. The van der Waals surface area contributed by atoms with Crippen LogP contribution in [-0.2, 0) is 10.8 Å². The molecule has 4 nitrogen and oxygen atoms in total. The first kappa shape index (κ1) is 13.1. The van der Waals surface area contributed by atoms with Gasteiger partial charge in [-0.05, 0) is 25.1 Å². The number of isocyanates is 1. The van der Waals surface area contributed by atoms with Crippen molar-refractivity contribution < 1.29 is 23.0 Å². The Kier molecular flexibility index (Phi) is 4.17. The molecule has 0 unspecified atom stereocenters. The van der Waals surface area contributed by atoms with Crippen molar-refractivity contribution in [2.45, 2.75) is 13.0 Å². The first-order valence-electron chi connectivity index (χ1n) is 4.83. The summed E-state index contributed by atoms with van der Waals surface area (Å²) in [7, 11) is 1.25. The van der Waals surface area contributed by atoms with Gasteiger partial charge in [0.25, 0.3) is 0 Å². The van der Waals surface area contributed by atoms with E-state index in [1.165, 1.54) is 19.2 Å². The smallest absolute Gasteiger partial charge is 0.382 e. The van der Waals surface area contributed by atoms with Crippen molar-refractivity contribution in [3.63, 3.8) is 0 Å². The SMILES string of the molecule is CCOc1ccc(OC)c(C(F)(F)N=C=O)c1. The van der Waals surface area contributed by atoms with Crippen molar-refractivity contribution >= 4 is 6.08 Å². The fourth-order valence-electron chi connectivity index (χ4n) is 1.30. The topological polar surface area (TPSA) is 47.9 Å². The average Bonchev–Trinajstić information content (AvgIpc) is 2.29. The second kappa shape index (κ2) is 5.41. The zero-order valence-electron chi connectivity index (χ0n) is 9.37. The molecule has 0 atom stereocenters. The number of methoxy groups -OCH3 is 1. The van der Waals surface area contributed by atoms with Crippen LogP contribution in [0.3, 0.4) is 0 Å². The molecule has 1 rings (SSSR count). The van der Waals surface area contributed by atoms with Crippen LogP contribution in [0, 0.1) is 0 Å². The van der Waals surface area contributed by atoms with Gasteiger partial charge in [0.2, 0.25) is 6.08 Å². The van der Waals surface area contributed by atoms with Gasteiger partial charge < -0.3 is 9.47 Å². The van der Waals surface area contributed by atoms with Crippen LogP contribution in [-0.4, -0.2) is 19.8 Å².